The Morgan fingerprint density at radius 2 is 1.85 bits per heavy atom. The number of nitrogens with zero attached hydrogens (tertiary/aromatic N) is 2. The van der Waals surface area contributed by atoms with Crippen molar-refractivity contribution in [1.29, 1.82) is 5.26 Å². The SMILES string of the molecule is COCCN(CCOC)C(C#N)c1ccc(F)c(C)c1. The van der Waals surface area contributed by atoms with Gasteiger partial charge in [-0.3, -0.25) is 4.90 Å². The lowest BCUT2D eigenvalue weighted by molar-refractivity contribution is 0.101. The molecule has 110 valence electrons. The van der Waals surface area contributed by atoms with Crippen LogP contribution in [0, 0.1) is 24.1 Å². The topological polar surface area (TPSA) is 45.5 Å². The molecule has 0 fully saturated rings. The van der Waals surface area contributed by atoms with Crippen LogP contribution in [0.2, 0.25) is 0 Å². The predicted octanol–water partition coefficient (Wildman–Crippen LogP) is 2.29. The van der Waals surface area contributed by atoms with Gasteiger partial charge in [0.05, 0.1) is 19.3 Å². The Morgan fingerprint density at radius 1 is 1.25 bits per heavy atom. The lowest BCUT2D eigenvalue weighted by Gasteiger charge is -2.27. The van der Waals surface area contributed by atoms with Gasteiger partial charge in [0, 0.05) is 27.3 Å². The first-order valence-corrected chi connectivity index (χ1v) is 6.51. The summed E-state index contributed by atoms with van der Waals surface area (Å²) in [6.07, 6.45) is 0. The van der Waals surface area contributed by atoms with Gasteiger partial charge in [-0.05, 0) is 24.1 Å². The molecule has 1 atom stereocenters. The van der Waals surface area contributed by atoms with Crippen molar-refractivity contribution < 1.29 is 13.9 Å². The van der Waals surface area contributed by atoms with E-state index in [4.69, 9.17) is 9.47 Å². The van der Waals surface area contributed by atoms with Crippen molar-refractivity contribution in [2.24, 2.45) is 0 Å². The van der Waals surface area contributed by atoms with Crippen molar-refractivity contribution in [3.05, 3.63) is 35.1 Å². The zero-order chi connectivity index (χ0) is 15.0. The lowest BCUT2D eigenvalue weighted by atomic mass is 10.0. The quantitative estimate of drug-likeness (QED) is 0.733. The molecular formula is C15H21FN2O2. The number of ether oxygens (including phenoxy) is 2. The van der Waals surface area contributed by atoms with Crippen LogP contribution in [0.3, 0.4) is 0 Å². The van der Waals surface area contributed by atoms with Crippen LogP contribution in [0.5, 0.6) is 0 Å². The highest BCUT2D eigenvalue weighted by molar-refractivity contribution is 5.29. The van der Waals surface area contributed by atoms with Crippen molar-refractivity contribution in [2.75, 3.05) is 40.5 Å². The smallest absolute Gasteiger partial charge is 0.126 e. The molecule has 0 aliphatic rings. The molecular weight excluding hydrogens is 259 g/mol. The lowest BCUT2D eigenvalue weighted by Crippen LogP contribution is -2.34. The Hall–Kier alpha value is -1.48. The number of hydrogen-bond donors (Lipinski definition) is 0. The molecule has 0 amide bonds. The maximum Gasteiger partial charge on any atom is 0.126 e. The maximum atomic E-state index is 13.3. The molecule has 0 bridgehead atoms. The van der Waals surface area contributed by atoms with Gasteiger partial charge in [-0.1, -0.05) is 12.1 Å². The fraction of sp³-hybridized carbons (Fsp3) is 0.533. The Morgan fingerprint density at radius 3 is 2.30 bits per heavy atom. The third-order valence-electron chi connectivity index (χ3n) is 3.15. The minimum Gasteiger partial charge on any atom is -0.383 e. The number of hydrogen-bond acceptors (Lipinski definition) is 4. The normalized spacial score (nSPS) is 12.4. The first-order chi connectivity index (χ1) is 9.63. The molecule has 0 saturated carbocycles. The van der Waals surface area contributed by atoms with Crippen LogP contribution in [0.4, 0.5) is 4.39 Å². The summed E-state index contributed by atoms with van der Waals surface area (Å²) in [5.41, 5.74) is 1.33. The minimum atomic E-state index is -0.431. The molecule has 5 heteroatoms. The molecule has 0 spiro atoms. The van der Waals surface area contributed by atoms with Crippen LogP contribution >= 0.6 is 0 Å². The molecule has 1 aromatic carbocycles. The zero-order valence-electron chi connectivity index (χ0n) is 12.2. The van der Waals surface area contributed by atoms with Gasteiger partial charge in [0.1, 0.15) is 11.9 Å². The van der Waals surface area contributed by atoms with E-state index in [-0.39, 0.29) is 5.82 Å². The number of benzene rings is 1. The highest BCUT2D eigenvalue weighted by Gasteiger charge is 2.20. The van der Waals surface area contributed by atoms with E-state index in [2.05, 4.69) is 6.07 Å². The van der Waals surface area contributed by atoms with Gasteiger partial charge in [0.2, 0.25) is 0 Å². The average molecular weight is 280 g/mol. The molecule has 0 aromatic heterocycles. The van der Waals surface area contributed by atoms with Gasteiger partial charge in [0.25, 0.3) is 0 Å². The first kappa shape index (κ1) is 16.6. The second kappa shape index (κ2) is 8.64. The van der Waals surface area contributed by atoms with Crippen LogP contribution < -0.4 is 0 Å². The van der Waals surface area contributed by atoms with Crippen molar-refractivity contribution in [2.45, 2.75) is 13.0 Å². The monoisotopic (exact) mass is 280 g/mol. The van der Waals surface area contributed by atoms with Gasteiger partial charge < -0.3 is 9.47 Å². The van der Waals surface area contributed by atoms with Crippen molar-refractivity contribution >= 4 is 0 Å². The summed E-state index contributed by atoms with van der Waals surface area (Å²) in [5.74, 6) is -0.259. The van der Waals surface area contributed by atoms with E-state index in [0.29, 0.717) is 31.9 Å². The van der Waals surface area contributed by atoms with Gasteiger partial charge in [-0.15, -0.1) is 0 Å². The third kappa shape index (κ3) is 4.57. The molecule has 0 aliphatic heterocycles. The van der Waals surface area contributed by atoms with Gasteiger partial charge in [0.15, 0.2) is 0 Å². The molecule has 1 unspecified atom stereocenters. The summed E-state index contributed by atoms with van der Waals surface area (Å²) in [4.78, 5) is 1.97. The summed E-state index contributed by atoms with van der Waals surface area (Å²) < 4.78 is 23.5. The predicted molar refractivity (Wildman–Crippen MR) is 74.8 cm³/mol. The van der Waals surface area contributed by atoms with Crippen molar-refractivity contribution in [1.82, 2.24) is 4.90 Å². The van der Waals surface area contributed by atoms with Gasteiger partial charge >= 0.3 is 0 Å². The second-order valence-corrected chi connectivity index (χ2v) is 4.56. The molecule has 0 N–H and O–H groups in total. The average Bonchev–Trinajstić information content (AvgIpc) is 2.45. The standard InChI is InChI=1S/C15H21FN2O2/c1-12-10-13(4-5-14(12)16)15(11-17)18(6-8-19-2)7-9-20-3/h4-5,10,15H,6-9H2,1-3H3. The third-order valence-corrected chi connectivity index (χ3v) is 3.15. The van der Waals surface area contributed by atoms with Crippen molar-refractivity contribution in [3.8, 4) is 6.07 Å². The van der Waals surface area contributed by atoms with Crippen LogP contribution in [-0.2, 0) is 9.47 Å². The number of methoxy groups -OCH3 is 2. The van der Waals surface area contributed by atoms with E-state index in [9.17, 15) is 9.65 Å². The Balaban J connectivity index is 2.92. The molecule has 0 radical (unpaired) electrons. The van der Waals surface area contributed by atoms with Crippen LogP contribution in [0.1, 0.15) is 17.2 Å². The zero-order valence-corrected chi connectivity index (χ0v) is 12.2. The largest absolute Gasteiger partial charge is 0.383 e. The van der Waals surface area contributed by atoms with Crippen LogP contribution in [0.25, 0.3) is 0 Å². The Bertz CT molecular complexity index is 452. The Labute approximate surface area is 119 Å². The van der Waals surface area contributed by atoms with Crippen molar-refractivity contribution in [3.63, 3.8) is 0 Å². The highest BCUT2D eigenvalue weighted by Crippen LogP contribution is 2.22. The molecule has 0 aliphatic carbocycles. The van der Waals surface area contributed by atoms with E-state index in [1.54, 1.807) is 33.3 Å². The summed E-state index contributed by atoms with van der Waals surface area (Å²) in [6, 6.07) is 6.62. The molecule has 4 nitrogen and oxygen atoms in total. The van der Waals surface area contributed by atoms with E-state index in [0.717, 1.165) is 5.56 Å². The second-order valence-electron chi connectivity index (χ2n) is 4.56. The van der Waals surface area contributed by atoms with Crippen LogP contribution in [-0.4, -0.2) is 45.4 Å². The van der Waals surface area contributed by atoms with E-state index >= 15 is 0 Å². The number of aryl methyl sites for hydroxylation is 1. The fourth-order valence-electron chi connectivity index (χ4n) is 1.99. The van der Waals surface area contributed by atoms with Gasteiger partial charge in [-0.2, -0.15) is 5.26 Å². The van der Waals surface area contributed by atoms with E-state index in [1.807, 2.05) is 4.90 Å². The molecule has 1 aromatic rings. The molecule has 0 heterocycles. The first-order valence-electron chi connectivity index (χ1n) is 6.51. The maximum absolute atomic E-state index is 13.3. The Kier molecular flexibility index (Phi) is 7.16. The number of halogens is 1. The molecule has 0 saturated heterocycles. The summed E-state index contributed by atoms with van der Waals surface area (Å²) in [7, 11) is 3.25. The molecule has 1 rings (SSSR count). The summed E-state index contributed by atoms with van der Waals surface area (Å²) in [5, 5.41) is 9.44. The van der Waals surface area contributed by atoms with Gasteiger partial charge in [-0.25, -0.2) is 4.39 Å². The number of rotatable bonds is 8. The van der Waals surface area contributed by atoms with E-state index in [1.165, 1.54) is 6.07 Å². The summed E-state index contributed by atoms with van der Waals surface area (Å²) in [6.45, 7) is 4.00. The van der Waals surface area contributed by atoms with E-state index < -0.39 is 6.04 Å². The highest BCUT2D eigenvalue weighted by atomic mass is 19.1. The van der Waals surface area contributed by atoms with Crippen LogP contribution in [0.15, 0.2) is 18.2 Å². The summed E-state index contributed by atoms with van der Waals surface area (Å²) >= 11 is 0. The molecule has 20 heavy (non-hydrogen) atoms. The minimum absolute atomic E-state index is 0.259. The number of nitriles is 1. The fourth-order valence-corrected chi connectivity index (χ4v) is 1.99.